The number of hydrogen-bond acceptors (Lipinski definition) is 5. The molecule has 1 aromatic heterocycles. The molecule has 3 aromatic rings. The van der Waals surface area contributed by atoms with Gasteiger partial charge in [0.05, 0.1) is 11.9 Å². The fraction of sp³-hybridized carbons (Fsp3) is 0.238. The Labute approximate surface area is 153 Å². The number of pyridine rings is 1. The summed E-state index contributed by atoms with van der Waals surface area (Å²) in [6.45, 7) is 0.816. The average molecular weight is 361 g/mol. The van der Waals surface area contributed by atoms with Crippen LogP contribution < -0.4 is 19.8 Å². The number of aryl methyl sites for hydroxylation is 2. The number of aromatic nitrogens is 1. The summed E-state index contributed by atoms with van der Waals surface area (Å²) in [7, 11) is 0. The summed E-state index contributed by atoms with van der Waals surface area (Å²) in [4.78, 5) is 25.5. The van der Waals surface area contributed by atoms with Crippen molar-refractivity contribution in [1.29, 1.82) is 0 Å². The van der Waals surface area contributed by atoms with Crippen molar-refractivity contribution < 1.29 is 19.0 Å². The van der Waals surface area contributed by atoms with Gasteiger partial charge in [0.2, 0.25) is 6.79 Å². The highest BCUT2D eigenvalue weighted by molar-refractivity contribution is 5.85. The Hall–Kier alpha value is -3.28. The van der Waals surface area contributed by atoms with E-state index in [1.807, 2.05) is 28.8 Å². The molecule has 4 heterocycles. The predicted molar refractivity (Wildman–Crippen MR) is 96.6 cm³/mol. The molecule has 2 aromatic carbocycles. The van der Waals surface area contributed by atoms with E-state index in [4.69, 9.17) is 14.2 Å². The van der Waals surface area contributed by atoms with Gasteiger partial charge in [0, 0.05) is 29.7 Å². The number of benzene rings is 2. The highest BCUT2D eigenvalue weighted by Crippen LogP contribution is 2.45. The van der Waals surface area contributed by atoms with E-state index in [0.717, 1.165) is 22.9 Å². The van der Waals surface area contributed by atoms with Gasteiger partial charge in [-0.15, -0.1) is 0 Å². The van der Waals surface area contributed by atoms with Gasteiger partial charge in [0.1, 0.15) is 5.75 Å². The van der Waals surface area contributed by atoms with Crippen LogP contribution in [-0.2, 0) is 17.8 Å². The van der Waals surface area contributed by atoms with Crippen molar-refractivity contribution in [1.82, 2.24) is 4.57 Å². The second kappa shape index (κ2) is 5.13. The Bertz CT molecular complexity index is 1210. The van der Waals surface area contributed by atoms with Crippen molar-refractivity contribution in [3.05, 3.63) is 63.4 Å². The monoisotopic (exact) mass is 361 g/mol. The van der Waals surface area contributed by atoms with Crippen molar-refractivity contribution in [2.45, 2.75) is 25.3 Å². The number of para-hydroxylation sites is 1. The van der Waals surface area contributed by atoms with Crippen molar-refractivity contribution in [2.24, 2.45) is 0 Å². The first-order chi connectivity index (χ1) is 13.2. The SMILES string of the molecule is O=C1CC(c2cc3cccc4c3n(c2=O)CC4)c2cc3c(cc2O1)OCO3. The van der Waals surface area contributed by atoms with Gasteiger partial charge >= 0.3 is 5.97 Å². The van der Waals surface area contributed by atoms with E-state index in [-0.39, 0.29) is 30.7 Å². The van der Waals surface area contributed by atoms with Crippen LogP contribution in [0.15, 0.2) is 41.2 Å². The van der Waals surface area contributed by atoms with E-state index in [2.05, 4.69) is 6.07 Å². The second-order valence-corrected chi connectivity index (χ2v) is 7.14. The van der Waals surface area contributed by atoms with Crippen LogP contribution in [-0.4, -0.2) is 17.3 Å². The van der Waals surface area contributed by atoms with Crippen LogP contribution in [0.1, 0.15) is 29.0 Å². The number of nitrogens with zero attached hydrogens (tertiary/aromatic N) is 1. The number of ether oxygens (including phenoxy) is 3. The first-order valence-electron chi connectivity index (χ1n) is 8.98. The fourth-order valence-corrected chi connectivity index (χ4v) is 4.46. The fourth-order valence-electron chi connectivity index (χ4n) is 4.46. The lowest BCUT2D eigenvalue weighted by Crippen LogP contribution is -2.29. The normalized spacial score (nSPS) is 19.3. The van der Waals surface area contributed by atoms with Crippen LogP contribution in [0.5, 0.6) is 17.2 Å². The molecule has 3 aliphatic heterocycles. The van der Waals surface area contributed by atoms with Gasteiger partial charge in [-0.05, 0) is 29.5 Å². The minimum absolute atomic E-state index is 0.0317. The summed E-state index contributed by atoms with van der Waals surface area (Å²) >= 11 is 0. The predicted octanol–water partition coefficient (Wildman–Crippen LogP) is 2.73. The van der Waals surface area contributed by atoms with Crippen molar-refractivity contribution in [2.75, 3.05) is 6.79 Å². The van der Waals surface area contributed by atoms with Gasteiger partial charge in [-0.2, -0.15) is 0 Å². The average Bonchev–Trinajstić information content (AvgIpc) is 3.30. The van der Waals surface area contributed by atoms with Crippen molar-refractivity contribution in [3.63, 3.8) is 0 Å². The molecule has 0 radical (unpaired) electrons. The molecule has 0 saturated carbocycles. The summed E-state index contributed by atoms with van der Waals surface area (Å²) in [5.74, 6) is 0.905. The Kier molecular flexibility index (Phi) is 2.82. The van der Waals surface area contributed by atoms with Gasteiger partial charge in [-0.25, -0.2) is 0 Å². The zero-order valence-electron chi connectivity index (χ0n) is 14.4. The van der Waals surface area contributed by atoms with Gasteiger partial charge in [0.25, 0.3) is 5.56 Å². The number of carbonyl (C=O) groups is 1. The van der Waals surface area contributed by atoms with Crippen LogP contribution in [0, 0.1) is 0 Å². The van der Waals surface area contributed by atoms with Crippen molar-refractivity contribution in [3.8, 4) is 17.2 Å². The first-order valence-corrected chi connectivity index (χ1v) is 8.98. The summed E-state index contributed by atoms with van der Waals surface area (Å²) in [5.41, 5.74) is 3.59. The number of fused-ring (bicyclic) bond motifs is 2. The molecule has 0 fully saturated rings. The van der Waals surface area contributed by atoms with Crippen LogP contribution in [0.2, 0.25) is 0 Å². The molecule has 27 heavy (non-hydrogen) atoms. The summed E-state index contributed by atoms with van der Waals surface area (Å²) in [5, 5.41) is 1.03. The van der Waals surface area contributed by atoms with Crippen LogP contribution in [0.4, 0.5) is 0 Å². The minimum Gasteiger partial charge on any atom is -0.454 e. The highest BCUT2D eigenvalue weighted by Gasteiger charge is 2.34. The zero-order valence-corrected chi connectivity index (χ0v) is 14.4. The lowest BCUT2D eigenvalue weighted by molar-refractivity contribution is -0.135. The molecule has 6 heteroatoms. The molecule has 0 aliphatic carbocycles. The second-order valence-electron chi connectivity index (χ2n) is 7.14. The van der Waals surface area contributed by atoms with Crippen LogP contribution in [0.3, 0.4) is 0 Å². The molecule has 6 nitrogen and oxygen atoms in total. The van der Waals surface area contributed by atoms with E-state index < -0.39 is 0 Å². The van der Waals surface area contributed by atoms with Crippen LogP contribution >= 0.6 is 0 Å². The topological polar surface area (TPSA) is 66.8 Å². The van der Waals surface area contributed by atoms with E-state index in [9.17, 15) is 9.59 Å². The number of hydrogen-bond donors (Lipinski definition) is 0. The summed E-state index contributed by atoms with van der Waals surface area (Å²) < 4.78 is 18.1. The third-order valence-corrected chi connectivity index (χ3v) is 5.68. The molecule has 1 unspecified atom stereocenters. The third kappa shape index (κ3) is 2.01. The van der Waals surface area contributed by atoms with Gasteiger partial charge in [-0.1, -0.05) is 18.2 Å². The molecule has 3 aliphatic rings. The third-order valence-electron chi connectivity index (χ3n) is 5.68. The molecule has 134 valence electrons. The standard InChI is InChI=1S/C21H15NO5/c23-19-8-13(14-7-17-18(26-10-25-17)9-16(14)27-19)15-6-12-3-1-2-11-4-5-22(20(11)12)21(15)24/h1-3,6-7,9,13H,4-5,8,10H2. The molecule has 0 amide bonds. The van der Waals surface area contributed by atoms with E-state index >= 15 is 0 Å². The van der Waals surface area contributed by atoms with E-state index in [1.54, 1.807) is 6.07 Å². The molecule has 0 bridgehead atoms. The largest absolute Gasteiger partial charge is 0.454 e. The maximum Gasteiger partial charge on any atom is 0.312 e. The lowest BCUT2D eigenvalue weighted by Gasteiger charge is -2.25. The zero-order chi connectivity index (χ0) is 18.1. The highest BCUT2D eigenvalue weighted by atomic mass is 16.7. The number of carbonyl (C=O) groups excluding carboxylic acids is 1. The molecule has 1 atom stereocenters. The van der Waals surface area contributed by atoms with Gasteiger partial charge in [0.15, 0.2) is 11.5 Å². The Morgan fingerprint density at radius 3 is 2.70 bits per heavy atom. The Morgan fingerprint density at radius 2 is 1.81 bits per heavy atom. The molecule has 0 spiro atoms. The van der Waals surface area contributed by atoms with Gasteiger partial charge in [-0.3, -0.25) is 9.59 Å². The smallest absolute Gasteiger partial charge is 0.312 e. The molecule has 0 saturated heterocycles. The minimum atomic E-state index is -0.361. The lowest BCUT2D eigenvalue weighted by atomic mass is 9.86. The Morgan fingerprint density at radius 1 is 0.963 bits per heavy atom. The first kappa shape index (κ1) is 14.8. The number of rotatable bonds is 1. The molecule has 0 N–H and O–H groups in total. The van der Waals surface area contributed by atoms with Crippen molar-refractivity contribution >= 4 is 16.9 Å². The maximum atomic E-state index is 13.3. The molecular formula is C21H15NO5. The molecule has 6 rings (SSSR count). The van der Waals surface area contributed by atoms with Crippen LogP contribution in [0.25, 0.3) is 10.9 Å². The quantitative estimate of drug-likeness (QED) is 0.492. The molecular weight excluding hydrogens is 346 g/mol. The Balaban J connectivity index is 1.60. The summed E-state index contributed by atoms with van der Waals surface area (Å²) in [6.07, 6.45) is 0.991. The van der Waals surface area contributed by atoms with E-state index in [1.165, 1.54) is 5.56 Å². The summed E-state index contributed by atoms with van der Waals surface area (Å²) in [6, 6.07) is 11.5. The van der Waals surface area contributed by atoms with Gasteiger partial charge < -0.3 is 18.8 Å². The number of esters is 1. The maximum absolute atomic E-state index is 13.3. The van der Waals surface area contributed by atoms with E-state index in [0.29, 0.717) is 29.4 Å².